The Balaban J connectivity index is 2.29. The number of hydrogen-bond donors (Lipinski definition) is 0. The van der Waals surface area contributed by atoms with Gasteiger partial charge in [0.1, 0.15) is 11.2 Å². The van der Waals surface area contributed by atoms with E-state index in [0.29, 0.717) is 0 Å². The smallest absolute Gasteiger partial charge is 0.420 e. The van der Waals surface area contributed by atoms with Crippen LogP contribution in [0.15, 0.2) is 0 Å². The second kappa shape index (κ2) is 6.11. The second-order valence-corrected chi connectivity index (χ2v) is 10.8. The number of amides is 2. The highest BCUT2D eigenvalue weighted by molar-refractivity contribution is 8.00. The quantitative estimate of drug-likeness (QED) is 0.662. The largest absolute Gasteiger partial charge is 0.443 e. The molecule has 24 heavy (non-hydrogen) atoms. The van der Waals surface area contributed by atoms with Crippen LogP contribution in [0, 0.1) is 0 Å². The van der Waals surface area contributed by atoms with Gasteiger partial charge in [-0.15, -0.1) is 0 Å². The predicted molar refractivity (Wildman–Crippen MR) is 96.4 cm³/mol. The minimum atomic E-state index is -0.654. The number of rotatable bonds is 1. The van der Waals surface area contributed by atoms with E-state index in [1.807, 2.05) is 53.3 Å². The molecule has 0 aromatic rings. The van der Waals surface area contributed by atoms with Crippen LogP contribution in [0.25, 0.3) is 0 Å². The fraction of sp³-hybridized carbons (Fsp3) is 0.889. The molecule has 5 nitrogen and oxygen atoms in total. The molecule has 1 aliphatic carbocycles. The zero-order valence-corrected chi connectivity index (χ0v) is 16.8. The molecule has 0 spiro atoms. The average molecular weight is 358 g/mol. The highest BCUT2D eigenvalue weighted by Gasteiger charge is 2.55. The number of thioether (sulfide) groups is 1. The van der Waals surface area contributed by atoms with Crippen molar-refractivity contribution in [1.82, 2.24) is 4.90 Å². The number of carbonyl (C=O) groups is 2. The molecule has 6 heteroatoms. The van der Waals surface area contributed by atoms with Crippen LogP contribution in [0.2, 0.25) is 0 Å². The van der Waals surface area contributed by atoms with Crippen LogP contribution in [0.1, 0.15) is 74.1 Å². The summed E-state index contributed by atoms with van der Waals surface area (Å²) in [4.78, 5) is 27.0. The Kier molecular flexibility index (Phi) is 4.95. The Morgan fingerprint density at radius 3 is 1.58 bits per heavy atom. The molecular formula is C18H31NO4S. The van der Waals surface area contributed by atoms with Crippen molar-refractivity contribution in [2.75, 3.05) is 5.75 Å². The summed E-state index contributed by atoms with van der Waals surface area (Å²) >= 11 is 1.86. The minimum absolute atomic E-state index is 0.273. The van der Waals surface area contributed by atoms with Crippen LogP contribution in [0.4, 0.5) is 9.59 Å². The molecule has 2 saturated heterocycles. The van der Waals surface area contributed by atoms with Gasteiger partial charge >= 0.3 is 12.2 Å². The van der Waals surface area contributed by atoms with E-state index in [1.54, 1.807) is 0 Å². The molecule has 0 unspecified atom stereocenters. The summed E-state index contributed by atoms with van der Waals surface area (Å²) in [5, 5.41) is 0. The Bertz CT molecular complexity index is 466. The summed E-state index contributed by atoms with van der Waals surface area (Å²) in [5.74, 6) is 0.752. The third-order valence-electron chi connectivity index (χ3n) is 4.55. The second-order valence-electron chi connectivity index (χ2n) is 9.26. The van der Waals surface area contributed by atoms with Gasteiger partial charge in [-0.1, -0.05) is 6.92 Å². The van der Waals surface area contributed by atoms with Gasteiger partial charge in [0.15, 0.2) is 0 Å². The Morgan fingerprint density at radius 1 is 0.875 bits per heavy atom. The molecule has 2 amide bonds. The maximum atomic E-state index is 12.8. The van der Waals surface area contributed by atoms with E-state index in [1.165, 1.54) is 4.90 Å². The van der Waals surface area contributed by atoms with Crippen molar-refractivity contribution < 1.29 is 19.1 Å². The van der Waals surface area contributed by atoms with Gasteiger partial charge in [-0.2, -0.15) is 11.8 Å². The summed E-state index contributed by atoms with van der Waals surface area (Å²) in [6, 6.07) is 0. The van der Waals surface area contributed by atoms with E-state index >= 15 is 0 Å². The summed E-state index contributed by atoms with van der Waals surface area (Å²) in [7, 11) is 0. The Hall–Kier alpha value is -0.910. The number of hydrogen-bond acceptors (Lipinski definition) is 5. The standard InChI is InChI=1S/C18H31NO4S/c1-15(2,3)22-13(20)19(14(21)23-16(4,5)6)18-10-8-17(7,9-11-18)24-12-18/h8-12H2,1-7H3. The molecule has 3 fully saturated rings. The zero-order valence-electron chi connectivity index (χ0n) is 16.0. The van der Waals surface area contributed by atoms with Gasteiger partial charge in [0, 0.05) is 10.5 Å². The minimum Gasteiger partial charge on any atom is -0.443 e. The predicted octanol–water partition coefficient (Wildman–Crippen LogP) is 4.98. The fourth-order valence-electron chi connectivity index (χ4n) is 3.21. The Morgan fingerprint density at radius 2 is 1.29 bits per heavy atom. The van der Waals surface area contributed by atoms with E-state index in [-0.39, 0.29) is 4.75 Å². The Labute approximate surface area is 149 Å². The number of imide groups is 1. The first-order valence-corrected chi connectivity index (χ1v) is 9.64. The third-order valence-corrected chi connectivity index (χ3v) is 6.34. The van der Waals surface area contributed by atoms with Gasteiger partial charge in [0.2, 0.25) is 0 Å². The van der Waals surface area contributed by atoms with Crippen molar-refractivity contribution in [3.05, 3.63) is 0 Å². The van der Waals surface area contributed by atoms with Gasteiger partial charge in [0.05, 0.1) is 5.54 Å². The van der Waals surface area contributed by atoms with E-state index in [0.717, 1.165) is 31.4 Å². The van der Waals surface area contributed by atoms with Gasteiger partial charge in [0.25, 0.3) is 0 Å². The SMILES string of the molecule is CC(C)(C)OC(=O)N(C(=O)OC(C)(C)C)C12CCC(C)(CC1)SC2. The lowest BCUT2D eigenvalue weighted by Crippen LogP contribution is -2.63. The van der Waals surface area contributed by atoms with Crippen molar-refractivity contribution in [1.29, 1.82) is 0 Å². The first-order chi connectivity index (χ1) is 10.8. The summed E-state index contributed by atoms with van der Waals surface area (Å²) in [5.41, 5.74) is -1.80. The first-order valence-electron chi connectivity index (χ1n) is 8.66. The van der Waals surface area contributed by atoms with Gasteiger partial charge in [-0.3, -0.25) is 0 Å². The number of ether oxygens (including phenoxy) is 2. The molecule has 138 valence electrons. The maximum Gasteiger partial charge on any atom is 0.420 e. The van der Waals surface area contributed by atoms with Crippen LogP contribution in [-0.4, -0.2) is 44.3 Å². The van der Waals surface area contributed by atoms with E-state index in [2.05, 4.69) is 6.92 Å². The lowest BCUT2D eigenvalue weighted by Gasteiger charge is -2.54. The fourth-order valence-corrected chi connectivity index (χ4v) is 4.73. The normalized spacial score (nSPS) is 30.0. The first kappa shape index (κ1) is 19.4. The molecule has 2 bridgehead atoms. The number of nitrogens with zero attached hydrogens (tertiary/aromatic N) is 1. The van der Waals surface area contributed by atoms with Crippen molar-refractivity contribution in [2.24, 2.45) is 0 Å². The summed E-state index contributed by atoms with van der Waals surface area (Å²) < 4.78 is 11.3. The molecule has 3 rings (SSSR count). The van der Waals surface area contributed by atoms with E-state index < -0.39 is 28.9 Å². The number of carbonyl (C=O) groups excluding carboxylic acids is 2. The lowest BCUT2D eigenvalue weighted by atomic mass is 9.76. The van der Waals surface area contributed by atoms with Crippen LogP contribution < -0.4 is 0 Å². The van der Waals surface area contributed by atoms with Crippen molar-refractivity contribution in [3.8, 4) is 0 Å². The van der Waals surface area contributed by atoms with Gasteiger partial charge in [-0.05, 0) is 67.2 Å². The van der Waals surface area contributed by atoms with Crippen LogP contribution in [0.5, 0.6) is 0 Å². The summed E-state index contributed by atoms with van der Waals surface area (Å²) in [6.45, 7) is 13.1. The van der Waals surface area contributed by atoms with E-state index in [9.17, 15) is 9.59 Å². The number of fused-ring (bicyclic) bond motifs is 3. The molecule has 2 aliphatic heterocycles. The molecule has 0 N–H and O–H groups in total. The molecule has 2 heterocycles. The van der Waals surface area contributed by atoms with Crippen molar-refractivity contribution in [2.45, 2.75) is 95.6 Å². The molecule has 0 radical (unpaired) electrons. The van der Waals surface area contributed by atoms with Crippen LogP contribution in [-0.2, 0) is 9.47 Å². The topological polar surface area (TPSA) is 55.8 Å². The maximum absolute atomic E-state index is 12.8. The van der Waals surface area contributed by atoms with E-state index in [4.69, 9.17) is 9.47 Å². The highest BCUT2D eigenvalue weighted by atomic mass is 32.2. The molecule has 0 atom stereocenters. The van der Waals surface area contributed by atoms with Gasteiger partial charge < -0.3 is 9.47 Å². The zero-order chi connectivity index (χ0) is 18.4. The third kappa shape index (κ3) is 4.38. The van der Waals surface area contributed by atoms with Crippen LogP contribution >= 0.6 is 11.8 Å². The van der Waals surface area contributed by atoms with Crippen LogP contribution in [0.3, 0.4) is 0 Å². The lowest BCUT2D eigenvalue weighted by molar-refractivity contribution is -0.0301. The average Bonchev–Trinajstić information content (AvgIpc) is 2.36. The molecule has 3 aliphatic rings. The monoisotopic (exact) mass is 357 g/mol. The molecule has 1 saturated carbocycles. The van der Waals surface area contributed by atoms with Crippen molar-refractivity contribution >= 4 is 23.9 Å². The summed E-state index contributed by atoms with van der Waals surface area (Å²) in [6.07, 6.45) is 2.44. The molecule has 0 aromatic heterocycles. The molecular weight excluding hydrogens is 326 g/mol. The van der Waals surface area contributed by atoms with Crippen molar-refractivity contribution in [3.63, 3.8) is 0 Å². The highest BCUT2D eigenvalue weighted by Crippen LogP contribution is 2.53. The molecule has 0 aromatic carbocycles. The van der Waals surface area contributed by atoms with Gasteiger partial charge in [-0.25, -0.2) is 14.5 Å².